The van der Waals surface area contributed by atoms with Crippen molar-refractivity contribution < 1.29 is 9.84 Å². The summed E-state index contributed by atoms with van der Waals surface area (Å²) in [4.78, 5) is 4.50. The quantitative estimate of drug-likeness (QED) is 0.732. The Morgan fingerprint density at radius 1 is 1.04 bits per heavy atom. The molecule has 1 fully saturated rings. The first kappa shape index (κ1) is 19.2. The second kappa shape index (κ2) is 10.7. The Labute approximate surface area is 149 Å². The maximum Gasteiger partial charge on any atom is 0.119 e. The predicted octanol–water partition coefficient (Wildman–Crippen LogP) is 1.49. The summed E-state index contributed by atoms with van der Waals surface area (Å²) in [6, 6.07) is 13.9. The van der Waals surface area contributed by atoms with Gasteiger partial charge in [-0.05, 0) is 18.6 Å². The number of aliphatic hydroxyl groups excluding tert-OH is 1. The van der Waals surface area contributed by atoms with E-state index in [4.69, 9.17) is 15.3 Å². The molecule has 1 aliphatic rings. The third kappa shape index (κ3) is 7.11. The van der Waals surface area contributed by atoms with Crippen molar-refractivity contribution in [1.82, 2.24) is 9.80 Å². The van der Waals surface area contributed by atoms with Gasteiger partial charge >= 0.3 is 0 Å². The molecule has 134 valence electrons. The van der Waals surface area contributed by atoms with Crippen LogP contribution in [-0.2, 0) is 0 Å². The predicted molar refractivity (Wildman–Crippen MR) is 94.8 cm³/mol. The number of para-hydroxylation sites is 1. The molecule has 25 heavy (non-hydrogen) atoms. The van der Waals surface area contributed by atoms with Crippen LogP contribution in [0.1, 0.15) is 12.8 Å². The minimum absolute atomic E-state index is 0.0731. The lowest BCUT2D eigenvalue weighted by Crippen LogP contribution is -2.50. The number of piperazine rings is 1. The SMILES string of the molecule is N#CCC[C@H](C#N)CN1CCN(C[C@@H](O)COc2ccccc2)CC1. The molecule has 6 heteroatoms. The highest BCUT2D eigenvalue weighted by atomic mass is 16.5. The molecule has 0 bridgehead atoms. The summed E-state index contributed by atoms with van der Waals surface area (Å²) in [5.41, 5.74) is 0. The lowest BCUT2D eigenvalue weighted by molar-refractivity contribution is 0.0442. The third-order valence-electron chi connectivity index (χ3n) is 4.39. The van der Waals surface area contributed by atoms with Crippen molar-refractivity contribution in [2.45, 2.75) is 18.9 Å². The van der Waals surface area contributed by atoms with Gasteiger partial charge in [0.2, 0.25) is 0 Å². The molecular formula is C19H26N4O2. The molecule has 0 saturated carbocycles. The van der Waals surface area contributed by atoms with Crippen LogP contribution >= 0.6 is 0 Å². The van der Waals surface area contributed by atoms with Gasteiger partial charge in [-0.1, -0.05) is 18.2 Å². The number of rotatable bonds is 9. The Hall–Kier alpha value is -2.12. The summed E-state index contributed by atoms with van der Waals surface area (Å²) in [6.07, 6.45) is 0.559. The van der Waals surface area contributed by atoms with Crippen molar-refractivity contribution in [3.05, 3.63) is 30.3 Å². The molecule has 1 aliphatic heterocycles. The average Bonchev–Trinajstić information content (AvgIpc) is 2.65. The zero-order chi connectivity index (χ0) is 17.9. The van der Waals surface area contributed by atoms with E-state index >= 15 is 0 Å². The van der Waals surface area contributed by atoms with Gasteiger partial charge in [-0.15, -0.1) is 0 Å². The summed E-state index contributed by atoms with van der Waals surface area (Å²) in [5.74, 6) is 0.697. The monoisotopic (exact) mass is 342 g/mol. The minimum atomic E-state index is -0.519. The van der Waals surface area contributed by atoms with Crippen molar-refractivity contribution in [3.63, 3.8) is 0 Å². The third-order valence-corrected chi connectivity index (χ3v) is 4.39. The van der Waals surface area contributed by atoms with Gasteiger partial charge in [0.05, 0.1) is 18.1 Å². The summed E-state index contributed by atoms with van der Waals surface area (Å²) < 4.78 is 5.59. The van der Waals surface area contributed by atoms with Crippen LogP contribution in [0, 0.1) is 28.6 Å². The van der Waals surface area contributed by atoms with Crippen LogP contribution in [0.15, 0.2) is 30.3 Å². The maximum atomic E-state index is 10.2. The number of ether oxygens (including phenoxy) is 1. The van der Waals surface area contributed by atoms with Gasteiger partial charge in [-0.2, -0.15) is 10.5 Å². The van der Waals surface area contributed by atoms with Crippen molar-refractivity contribution in [1.29, 1.82) is 10.5 Å². The highest BCUT2D eigenvalue weighted by molar-refractivity contribution is 5.20. The van der Waals surface area contributed by atoms with Crippen molar-refractivity contribution in [2.24, 2.45) is 5.92 Å². The fraction of sp³-hybridized carbons (Fsp3) is 0.579. The van der Waals surface area contributed by atoms with E-state index in [1.807, 2.05) is 30.3 Å². The summed E-state index contributed by atoms with van der Waals surface area (Å²) >= 11 is 0. The molecule has 2 atom stereocenters. The second-order valence-electron chi connectivity index (χ2n) is 6.40. The van der Waals surface area contributed by atoms with Crippen LogP contribution in [0.4, 0.5) is 0 Å². The van der Waals surface area contributed by atoms with E-state index in [-0.39, 0.29) is 12.5 Å². The fourth-order valence-corrected chi connectivity index (χ4v) is 2.96. The van der Waals surface area contributed by atoms with Gasteiger partial charge in [-0.25, -0.2) is 0 Å². The average molecular weight is 342 g/mol. The van der Waals surface area contributed by atoms with Crippen molar-refractivity contribution >= 4 is 0 Å². The Morgan fingerprint density at radius 3 is 2.28 bits per heavy atom. The fourth-order valence-electron chi connectivity index (χ4n) is 2.96. The van der Waals surface area contributed by atoms with E-state index < -0.39 is 6.10 Å². The van der Waals surface area contributed by atoms with Crippen LogP contribution < -0.4 is 4.74 Å². The zero-order valence-corrected chi connectivity index (χ0v) is 14.5. The number of β-amino-alcohol motifs (C(OH)–C–C–N with tert-alkyl or cyclic N) is 1. The Bertz CT molecular complexity index is 573. The largest absolute Gasteiger partial charge is 0.491 e. The maximum absolute atomic E-state index is 10.2. The molecule has 0 aromatic heterocycles. The number of benzene rings is 1. The molecule has 2 rings (SSSR count). The zero-order valence-electron chi connectivity index (χ0n) is 14.5. The molecule has 0 aliphatic carbocycles. The molecule has 6 nitrogen and oxygen atoms in total. The van der Waals surface area contributed by atoms with Crippen molar-refractivity contribution in [2.75, 3.05) is 45.9 Å². The van der Waals surface area contributed by atoms with E-state index in [1.165, 1.54) is 0 Å². The first-order valence-corrected chi connectivity index (χ1v) is 8.78. The molecule has 1 aromatic carbocycles. The molecule has 0 unspecified atom stereocenters. The summed E-state index contributed by atoms with van der Waals surface area (Å²) in [7, 11) is 0. The van der Waals surface area contributed by atoms with Gasteiger partial charge in [0.1, 0.15) is 18.5 Å². The Balaban J connectivity index is 1.64. The molecule has 1 N–H and O–H groups in total. The van der Waals surface area contributed by atoms with Crippen LogP contribution in [0.2, 0.25) is 0 Å². The number of hydrogen-bond donors (Lipinski definition) is 1. The molecule has 0 radical (unpaired) electrons. The summed E-state index contributed by atoms with van der Waals surface area (Å²) in [6.45, 7) is 5.13. The highest BCUT2D eigenvalue weighted by Gasteiger charge is 2.21. The molecule has 0 spiro atoms. The smallest absolute Gasteiger partial charge is 0.119 e. The lowest BCUT2D eigenvalue weighted by Gasteiger charge is -2.36. The van der Waals surface area contributed by atoms with Gasteiger partial charge in [0.25, 0.3) is 0 Å². The standard InChI is InChI=1S/C19H26N4O2/c20-8-4-5-17(13-21)14-22-9-11-23(12-10-22)15-18(24)16-25-19-6-2-1-3-7-19/h1-3,6-7,17-18,24H,4-5,9-12,14-16H2/t17-,18-/m1/s1. The van der Waals surface area contributed by atoms with Crippen LogP contribution in [-0.4, -0.2) is 66.9 Å². The normalized spacial score (nSPS) is 18.0. The van der Waals surface area contributed by atoms with Gasteiger partial charge in [0, 0.05) is 45.7 Å². The molecule has 1 heterocycles. The van der Waals surface area contributed by atoms with E-state index in [2.05, 4.69) is 21.9 Å². The topological polar surface area (TPSA) is 83.5 Å². The van der Waals surface area contributed by atoms with Gasteiger partial charge in [-0.3, -0.25) is 9.80 Å². The second-order valence-corrected chi connectivity index (χ2v) is 6.40. The van der Waals surface area contributed by atoms with E-state index in [0.717, 1.165) is 38.5 Å². The number of nitrogens with zero attached hydrogens (tertiary/aromatic N) is 4. The van der Waals surface area contributed by atoms with Gasteiger partial charge < -0.3 is 9.84 Å². The van der Waals surface area contributed by atoms with Gasteiger partial charge in [0.15, 0.2) is 0 Å². The molecule has 1 saturated heterocycles. The Morgan fingerprint density at radius 2 is 1.68 bits per heavy atom. The lowest BCUT2D eigenvalue weighted by atomic mass is 10.0. The highest BCUT2D eigenvalue weighted by Crippen LogP contribution is 2.12. The van der Waals surface area contributed by atoms with E-state index in [0.29, 0.717) is 19.4 Å². The number of aliphatic hydroxyl groups is 1. The number of hydrogen-bond acceptors (Lipinski definition) is 6. The van der Waals surface area contributed by atoms with Crippen LogP contribution in [0.5, 0.6) is 5.75 Å². The first-order chi connectivity index (χ1) is 12.2. The Kier molecular flexibility index (Phi) is 8.21. The molecular weight excluding hydrogens is 316 g/mol. The first-order valence-electron chi connectivity index (χ1n) is 8.78. The van der Waals surface area contributed by atoms with E-state index in [1.54, 1.807) is 0 Å². The van der Waals surface area contributed by atoms with E-state index in [9.17, 15) is 5.11 Å². The minimum Gasteiger partial charge on any atom is -0.491 e. The van der Waals surface area contributed by atoms with Crippen LogP contribution in [0.3, 0.4) is 0 Å². The molecule has 0 amide bonds. The summed E-state index contributed by atoms with van der Waals surface area (Å²) in [5, 5.41) is 28.0. The van der Waals surface area contributed by atoms with Crippen molar-refractivity contribution in [3.8, 4) is 17.9 Å². The van der Waals surface area contributed by atoms with Crippen LogP contribution in [0.25, 0.3) is 0 Å². The number of nitriles is 2. The molecule has 1 aromatic rings.